The van der Waals surface area contributed by atoms with E-state index in [0.717, 1.165) is 11.3 Å². The van der Waals surface area contributed by atoms with Crippen LogP contribution >= 0.6 is 0 Å². The molecule has 5 heteroatoms. The molecule has 2 rings (SSSR count). The molecule has 0 heterocycles. The minimum atomic E-state index is -0.254. The lowest BCUT2D eigenvalue weighted by Crippen LogP contribution is -2.29. The van der Waals surface area contributed by atoms with Gasteiger partial charge >= 0.3 is 0 Å². The van der Waals surface area contributed by atoms with E-state index in [9.17, 15) is 9.59 Å². The number of carbonyl (C=O) groups is 2. The van der Waals surface area contributed by atoms with Gasteiger partial charge in [0.25, 0.3) is 5.91 Å². The van der Waals surface area contributed by atoms with Crippen LogP contribution in [0.2, 0.25) is 0 Å². The summed E-state index contributed by atoms with van der Waals surface area (Å²) in [6, 6.07) is 14.4. The highest BCUT2D eigenvalue weighted by Crippen LogP contribution is 2.19. The van der Waals surface area contributed by atoms with Gasteiger partial charge in [-0.15, -0.1) is 0 Å². The van der Waals surface area contributed by atoms with Crippen molar-refractivity contribution in [3.63, 3.8) is 0 Å². The molecule has 2 amide bonds. The lowest BCUT2D eigenvalue weighted by molar-refractivity contribution is -0.111. The third-order valence-corrected chi connectivity index (χ3v) is 3.47. The molecule has 0 atom stereocenters. The van der Waals surface area contributed by atoms with Crippen molar-refractivity contribution in [1.82, 2.24) is 5.32 Å². The monoisotopic (exact) mass is 352 g/mol. The van der Waals surface area contributed by atoms with Gasteiger partial charge in [-0.25, -0.2) is 0 Å². The predicted molar refractivity (Wildman–Crippen MR) is 104 cm³/mol. The highest BCUT2D eigenvalue weighted by atomic mass is 16.5. The van der Waals surface area contributed by atoms with Gasteiger partial charge in [0.1, 0.15) is 5.75 Å². The molecule has 2 aromatic carbocycles. The molecule has 5 nitrogen and oxygen atoms in total. The van der Waals surface area contributed by atoms with Gasteiger partial charge in [-0.2, -0.15) is 0 Å². The van der Waals surface area contributed by atoms with Crippen LogP contribution in [0.5, 0.6) is 5.75 Å². The fourth-order valence-electron chi connectivity index (χ4n) is 2.31. The SMILES string of the molecule is CCOc1ccccc1/C=C/C(=O)Nc1ccc(C(=O)NC(C)C)cc1. The van der Waals surface area contributed by atoms with Crippen LogP contribution in [0.25, 0.3) is 6.08 Å². The van der Waals surface area contributed by atoms with Crippen LogP contribution in [0.15, 0.2) is 54.6 Å². The van der Waals surface area contributed by atoms with Gasteiger partial charge < -0.3 is 15.4 Å². The highest BCUT2D eigenvalue weighted by molar-refractivity contribution is 6.02. The molecule has 0 radical (unpaired) electrons. The summed E-state index contributed by atoms with van der Waals surface area (Å²) in [4.78, 5) is 24.0. The van der Waals surface area contributed by atoms with Gasteiger partial charge in [0, 0.05) is 28.9 Å². The summed E-state index contributed by atoms with van der Waals surface area (Å²) < 4.78 is 5.53. The van der Waals surface area contributed by atoms with E-state index < -0.39 is 0 Å². The van der Waals surface area contributed by atoms with Crippen molar-refractivity contribution in [2.24, 2.45) is 0 Å². The first-order valence-corrected chi connectivity index (χ1v) is 8.61. The number of hydrogen-bond donors (Lipinski definition) is 2. The fraction of sp³-hybridized carbons (Fsp3) is 0.238. The van der Waals surface area contributed by atoms with E-state index >= 15 is 0 Å². The Morgan fingerprint density at radius 3 is 2.42 bits per heavy atom. The molecule has 26 heavy (non-hydrogen) atoms. The van der Waals surface area contributed by atoms with Crippen molar-refractivity contribution in [2.45, 2.75) is 26.8 Å². The predicted octanol–water partition coefficient (Wildman–Crippen LogP) is 3.88. The second-order valence-corrected chi connectivity index (χ2v) is 6.00. The average Bonchev–Trinajstić information content (AvgIpc) is 2.61. The molecule has 0 aliphatic rings. The van der Waals surface area contributed by atoms with E-state index in [1.807, 2.05) is 45.0 Å². The van der Waals surface area contributed by atoms with E-state index in [0.29, 0.717) is 17.9 Å². The molecule has 136 valence electrons. The maximum atomic E-state index is 12.1. The quantitative estimate of drug-likeness (QED) is 0.743. The molecule has 2 N–H and O–H groups in total. The first-order valence-electron chi connectivity index (χ1n) is 8.61. The average molecular weight is 352 g/mol. The summed E-state index contributed by atoms with van der Waals surface area (Å²) in [5.74, 6) is 0.348. The van der Waals surface area contributed by atoms with Crippen LogP contribution in [0.4, 0.5) is 5.69 Å². The van der Waals surface area contributed by atoms with Crippen LogP contribution in [-0.2, 0) is 4.79 Å². The number of nitrogens with one attached hydrogen (secondary N) is 2. The Morgan fingerprint density at radius 2 is 1.77 bits per heavy atom. The van der Waals surface area contributed by atoms with E-state index in [4.69, 9.17) is 4.74 Å². The highest BCUT2D eigenvalue weighted by Gasteiger charge is 2.07. The van der Waals surface area contributed by atoms with Crippen molar-refractivity contribution in [3.05, 3.63) is 65.7 Å². The van der Waals surface area contributed by atoms with Crippen molar-refractivity contribution in [3.8, 4) is 5.75 Å². The number of rotatable bonds is 7. The minimum Gasteiger partial charge on any atom is -0.493 e. The molecule has 0 spiro atoms. The maximum absolute atomic E-state index is 12.1. The number of anilines is 1. The minimum absolute atomic E-state index is 0.0755. The van der Waals surface area contributed by atoms with Gasteiger partial charge in [-0.05, 0) is 57.2 Å². The Labute approximate surface area is 154 Å². The van der Waals surface area contributed by atoms with Gasteiger partial charge in [0.05, 0.1) is 6.61 Å². The molecular weight excluding hydrogens is 328 g/mol. The Morgan fingerprint density at radius 1 is 1.08 bits per heavy atom. The normalized spacial score (nSPS) is 10.8. The standard InChI is InChI=1S/C21H24N2O3/c1-4-26-19-8-6-5-7-16(19)11-14-20(24)23-18-12-9-17(10-13-18)21(25)22-15(2)3/h5-15H,4H2,1-3H3,(H,22,25)(H,23,24)/b14-11+. The van der Waals surface area contributed by atoms with Crippen LogP contribution < -0.4 is 15.4 Å². The zero-order valence-corrected chi connectivity index (χ0v) is 15.3. The van der Waals surface area contributed by atoms with E-state index in [2.05, 4.69) is 10.6 Å². The Balaban J connectivity index is 1.99. The van der Waals surface area contributed by atoms with Gasteiger partial charge in [0.15, 0.2) is 0 Å². The van der Waals surface area contributed by atoms with Crippen molar-refractivity contribution < 1.29 is 14.3 Å². The first kappa shape index (κ1) is 19.2. The number of ether oxygens (including phenoxy) is 1. The third kappa shape index (κ3) is 5.77. The fourth-order valence-corrected chi connectivity index (χ4v) is 2.31. The van der Waals surface area contributed by atoms with Crippen molar-refractivity contribution >= 4 is 23.6 Å². The Hall–Kier alpha value is -3.08. The number of carbonyl (C=O) groups excluding carboxylic acids is 2. The smallest absolute Gasteiger partial charge is 0.251 e. The second-order valence-electron chi connectivity index (χ2n) is 6.00. The van der Waals surface area contributed by atoms with Crippen LogP contribution in [0.1, 0.15) is 36.7 Å². The molecule has 0 aliphatic heterocycles. The summed E-state index contributed by atoms with van der Waals surface area (Å²) in [5.41, 5.74) is 2.02. The molecule has 0 fully saturated rings. The maximum Gasteiger partial charge on any atom is 0.251 e. The zero-order chi connectivity index (χ0) is 18.9. The van der Waals surface area contributed by atoms with Gasteiger partial charge in [0.2, 0.25) is 5.91 Å². The molecule has 2 aromatic rings. The van der Waals surface area contributed by atoms with E-state index in [1.165, 1.54) is 6.08 Å². The number of benzene rings is 2. The van der Waals surface area contributed by atoms with E-state index in [-0.39, 0.29) is 17.9 Å². The van der Waals surface area contributed by atoms with Gasteiger partial charge in [-0.1, -0.05) is 18.2 Å². The molecule has 0 saturated carbocycles. The summed E-state index contributed by atoms with van der Waals surface area (Å²) in [6.07, 6.45) is 3.17. The topological polar surface area (TPSA) is 67.4 Å². The summed E-state index contributed by atoms with van der Waals surface area (Å²) >= 11 is 0. The lowest BCUT2D eigenvalue weighted by atomic mass is 10.1. The lowest BCUT2D eigenvalue weighted by Gasteiger charge is -2.09. The Kier molecular flexibility index (Phi) is 6.97. The number of amides is 2. The Bertz CT molecular complexity index is 780. The third-order valence-electron chi connectivity index (χ3n) is 3.47. The largest absolute Gasteiger partial charge is 0.493 e. The molecule has 0 aliphatic carbocycles. The molecule has 0 unspecified atom stereocenters. The number of para-hydroxylation sites is 1. The first-order chi connectivity index (χ1) is 12.5. The van der Waals surface area contributed by atoms with Crippen LogP contribution in [0, 0.1) is 0 Å². The van der Waals surface area contributed by atoms with Crippen LogP contribution in [-0.4, -0.2) is 24.5 Å². The summed E-state index contributed by atoms with van der Waals surface area (Å²) in [6.45, 7) is 6.29. The van der Waals surface area contributed by atoms with Crippen molar-refractivity contribution in [2.75, 3.05) is 11.9 Å². The molecule has 0 aromatic heterocycles. The summed E-state index contributed by atoms with van der Waals surface area (Å²) in [7, 11) is 0. The van der Waals surface area contributed by atoms with Crippen molar-refractivity contribution in [1.29, 1.82) is 0 Å². The van der Waals surface area contributed by atoms with E-state index in [1.54, 1.807) is 30.3 Å². The molecule has 0 saturated heterocycles. The van der Waals surface area contributed by atoms with Gasteiger partial charge in [-0.3, -0.25) is 9.59 Å². The molecular formula is C21H24N2O3. The second kappa shape index (κ2) is 9.42. The molecule has 0 bridgehead atoms. The zero-order valence-electron chi connectivity index (χ0n) is 15.3. The van der Waals surface area contributed by atoms with Crippen LogP contribution in [0.3, 0.4) is 0 Å². The number of hydrogen-bond acceptors (Lipinski definition) is 3. The summed E-state index contributed by atoms with van der Waals surface area (Å²) in [5, 5.41) is 5.60.